The summed E-state index contributed by atoms with van der Waals surface area (Å²) in [5.74, 6) is 0.543. The Balaban J connectivity index is 1.66. The third-order valence-corrected chi connectivity index (χ3v) is 4.98. The minimum absolute atomic E-state index is 0.0198. The standard InChI is InChI=1S/C18H26N2O2/c21-14-16-9-11-20(13-16)18(22)17-8-4-5-10-19(17)12-15-6-2-1-3-7-15/h1-3,6-7,16-17,21H,4-5,8-14H2. The second-order valence-corrected chi connectivity index (χ2v) is 6.59. The highest BCUT2D eigenvalue weighted by Gasteiger charge is 2.34. The first kappa shape index (κ1) is 15.5. The maximum atomic E-state index is 12.9. The maximum absolute atomic E-state index is 12.9. The van der Waals surface area contributed by atoms with Crippen molar-refractivity contribution >= 4 is 5.91 Å². The van der Waals surface area contributed by atoms with Gasteiger partial charge < -0.3 is 10.0 Å². The van der Waals surface area contributed by atoms with Gasteiger partial charge in [0.15, 0.2) is 0 Å². The third kappa shape index (κ3) is 3.50. The molecule has 2 atom stereocenters. The predicted octanol–water partition coefficient (Wildman–Crippen LogP) is 1.88. The van der Waals surface area contributed by atoms with Crippen LogP contribution in [0.1, 0.15) is 31.2 Å². The van der Waals surface area contributed by atoms with E-state index in [2.05, 4.69) is 29.2 Å². The Morgan fingerprint density at radius 1 is 1.14 bits per heavy atom. The Morgan fingerprint density at radius 2 is 1.95 bits per heavy atom. The van der Waals surface area contributed by atoms with Crippen LogP contribution in [0.5, 0.6) is 0 Å². The van der Waals surface area contributed by atoms with Gasteiger partial charge in [-0.3, -0.25) is 9.69 Å². The lowest BCUT2D eigenvalue weighted by atomic mass is 10.00. The van der Waals surface area contributed by atoms with E-state index < -0.39 is 0 Å². The third-order valence-electron chi connectivity index (χ3n) is 4.98. The SMILES string of the molecule is O=C(C1CCCCN1Cc1ccccc1)N1CCC(CO)C1. The van der Waals surface area contributed by atoms with Crippen LogP contribution in [0.15, 0.2) is 30.3 Å². The minimum Gasteiger partial charge on any atom is -0.396 e. The van der Waals surface area contributed by atoms with Gasteiger partial charge in [0.1, 0.15) is 0 Å². The van der Waals surface area contributed by atoms with Gasteiger partial charge in [-0.1, -0.05) is 36.8 Å². The molecule has 1 N–H and O–H groups in total. The first-order chi connectivity index (χ1) is 10.8. The summed E-state index contributed by atoms with van der Waals surface area (Å²) in [6.07, 6.45) is 4.22. The van der Waals surface area contributed by atoms with Crippen LogP contribution in [0.25, 0.3) is 0 Å². The van der Waals surface area contributed by atoms with E-state index in [1.165, 1.54) is 12.0 Å². The summed E-state index contributed by atoms with van der Waals surface area (Å²) in [5.41, 5.74) is 1.27. The van der Waals surface area contributed by atoms with Gasteiger partial charge in [-0.2, -0.15) is 0 Å². The molecule has 0 aliphatic carbocycles. The van der Waals surface area contributed by atoms with E-state index in [1.807, 2.05) is 11.0 Å². The van der Waals surface area contributed by atoms with Crippen LogP contribution in [-0.4, -0.2) is 53.1 Å². The summed E-state index contributed by atoms with van der Waals surface area (Å²) in [4.78, 5) is 17.2. The summed E-state index contributed by atoms with van der Waals surface area (Å²) in [5, 5.41) is 9.27. The Morgan fingerprint density at radius 3 is 2.68 bits per heavy atom. The van der Waals surface area contributed by atoms with E-state index in [-0.39, 0.29) is 24.5 Å². The molecule has 2 saturated heterocycles. The van der Waals surface area contributed by atoms with Crippen LogP contribution >= 0.6 is 0 Å². The molecule has 2 heterocycles. The van der Waals surface area contributed by atoms with Gasteiger partial charge in [-0.05, 0) is 31.4 Å². The second-order valence-electron chi connectivity index (χ2n) is 6.59. The second kappa shape index (κ2) is 7.25. The molecule has 0 radical (unpaired) electrons. The number of carbonyl (C=O) groups excluding carboxylic acids is 1. The van der Waals surface area contributed by atoms with Crippen LogP contribution in [0.3, 0.4) is 0 Å². The zero-order valence-corrected chi connectivity index (χ0v) is 13.2. The largest absolute Gasteiger partial charge is 0.396 e. The molecule has 3 rings (SSSR count). The first-order valence-corrected chi connectivity index (χ1v) is 8.45. The van der Waals surface area contributed by atoms with Gasteiger partial charge in [0.2, 0.25) is 5.91 Å². The van der Waals surface area contributed by atoms with E-state index >= 15 is 0 Å². The van der Waals surface area contributed by atoms with E-state index in [4.69, 9.17) is 0 Å². The average molecular weight is 302 g/mol. The van der Waals surface area contributed by atoms with Crippen LogP contribution in [0.4, 0.5) is 0 Å². The number of amides is 1. The molecule has 0 saturated carbocycles. The molecule has 4 heteroatoms. The Kier molecular flexibility index (Phi) is 5.11. The molecule has 2 aliphatic rings. The summed E-state index contributed by atoms with van der Waals surface area (Å²) in [7, 11) is 0. The molecule has 0 bridgehead atoms. The number of likely N-dealkylation sites (tertiary alicyclic amines) is 2. The number of carbonyl (C=O) groups is 1. The predicted molar refractivity (Wildman–Crippen MR) is 86.3 cm³/mol. The van der Waals surface area contributed by atoms with Gasteiger partial charge in [0, 0.05) is 32.2 Å². The van der Waals surface area contributed by atoms with Crippen LogP contribution in [-0.2, 0) is 11.3 Å². The monoisotopic (exact) mass is 302 g/mol. The maximum Gasteiger partial charge on any atom is 0.239 e. The molecule has 0 spiro atoms. The number of piperidine rings is 1. The highest BCUT2D eigenvalue weighted by atomic mass is 16.3. The fourth-order valence-corrected chi connectivity index (χ4v) is 3.67. The Labute approximate surface area is 132 Å². The molecule has 1 aromatic rings. The van der Waals surface area contributed by atoms with Crippen molar-refractivity contribution in [2.45, 2.75) is 38.3 Å². The van der Waals surface area contributed by atoms with Crippen molar-refractivity contribution in [3.8, 4) is 0 Å². The molecule has 2 unspecified atom stereocenters. The minimum atomic E-state index is 0.0198. The first-order valence-electron chi connectivity index (χ1n) is 8.45. The molecule has 1 amide bonds. The van der Waals surface area contributed by atoms with Gasteiger partial charge in [-0.15, -0.1) is 0 Å². The quantitative estimate of drug-likeness (QED) is 0.923. The highest BCUT2D eigenvalue weighted by Crippen LogP contribution is 2.24. The van der Waals surface area contributed by atoms with Crippen molar-refractivity contribution in [1.82, 2.24) is 9.80 Å². The number of aliphatic hydroxyl groups is 1. The summed E-state index contributed by atoms with van der Waals surface area (Å²) >= 11 is 0. The van der Waals surface area contributed by atoms with Crippen LogP contribution < -0.4 is 0 Å². The molecule has 0 aromatic heterocycles. The summed E-state index contributed by atoms with van der Waals surface area (Å²) in [6, 6.07) is 10.4. The summed E-state index contributed by atoms with van der Waals surface area (Å²) in [6.45, 7) is 3.59. The average Bonchev–Trinajstić information content (AvgIpc) is 3.05. The lowest BCUT2D eigenvalue weighted by molar-refractivity contribution is -0.137. The number of rotatable bonds is 4. The number of aliphatic hydroxyl groups excluding tert-OH is 1. The zero-order valence-electron chi connectivity index (χ0n) is 13.2. The Bertz CT molecular complexity index is 491. The van der Waals surface area contributed by atoms with Crippen molar-refractivity contribution < 1.29 is 9.90 Å². The molecule has 1 aromatic carbocycles. The number of nitrogens with zero attached hydrogens (tertiary/aromatic N) is 2. The Hall–Kier alpha value is -1.39. The fraction of sp³-hybridized carbons (Fsp3) is 0.611. The van der Waals surface area contributed by atoms with Gasteiger partial charge >= 0.3 is 0 Å². The molecule has 120 valence electrons. The van der Waals surface area contributed by atoms with E-state index in [0.29, 0.717) is 0 Å². The van der Waals surface area contributed by atoms with Gasteiger partial charge in [-0.25, -0.2) is 0 Å². The highest BCUT2D eigenvalue weighted by molar-refractivity contribution is 5.82. The smallest absolute Gasteiger partial charge is 0.239 e. The molecular weight excluding hydrogens is 276 g/mol. The molecule has 2 aliphatic heterocycles. The van der Waals surface area contributed by atoms with Crippen molar-refractivity contribution in [3.63, 3.8) is 0 Å². The van der Waals surface area contributed by atoms with Crippen LogP contribution in [0, 0.1) is 5.92 Å². The van der Waals surface area contributed by atoms with Crippen molar-refractivity contribution in [3.05, 3.63) is 35.9 Å². The zero-order chi connectivity index (χ0) is 15.4. The molecule has 2 fully saturated rings. The van der Waals surface area contributed by atoms with Crippen molar-refractivity contribution in [2.24, 2.45) is 5.92 Å². The van der Waals surface area contributed by atoms with Crippen molar-refractivity contribution in [2.75, 3.05) is 26.2 Å². The number of benzene rings is 1. The van der Waals surface area contributed by atoms with Gasteiger partial charge in [0.25, 0.3) is 0 Å². The van der Waals surface area contributed by atoms with E-state index in [9.17, 15) is 9.90 Å². The van der Waals surface area contributed by atoms with Gasteiger partial charge in [0.05, 0.1) is 6.04 Å². The normalized spacial score (nSPS) is 26.3. The topological polar surface area (TPSA) is 43.8 Å². The van der Waals surface area contributed by atoms with Crippen molar-refractivity contribution in [1.29, 1.82) is 0 Å². The van der Waals surface area contributed by atoms with E-state index in [0.717, 1.165) is 45.4 Å². The number of hydrogen-bond donors (Lipinski definition) is 1. The fourth-order valence-electron chi connectivity index (χ4n) is 3.67. The molecular formula is C18H26N2O2. The molecule has 4 nitrogen and oxygen atoms in total. The lowest BCUT2D eigenvalue weighted by Crippen LogP contribution is -2.50. The number of hydrogen-bond acceptors (Lipinski definition) is 3. The van der Waals surface area contributed by atoms with Crippen LogP contribution in [0.2, 0.25) is 0 Å². The molecule has 22 heavy (non-hydrogen) atoms. The van der Waals surface area contributed by atoms with E-state index in [1.54, 1.807) is 0 Å². The lowest BCUT2D eigenvalue weighted by Gasteiger charge is -2.36. The summed E-state index contributed by atoms with van der Waals surface area (Å²) < 4.78 is 0.